The second kappa shape index (κ2) is 16.9. The van der Waals surface area contributed by atoms with Gasteiger partial charge in [-0.25, -0.2) is 0 Å². The second-order valence-corrected chi connectivity index (χ2v) is 9.81. The van der Waals surface area contributed by atoms with Crippen LogP contribution in [0.15, 0.2) is 23.4 Å². The molecule has 2 N–H and O–H groups in total. The Kier molecular flexibility index (Phi) is 15.7. The van der Waals surface area contributed by atoms with Gasteiger partial charge in [-0.2, -0.15) is 5.26 Å². The number of nitrogens with two attached hydrogens (primary N) is 1. The molecule has 37 heavy (non-hydrogen) atoms. The zero-order valence-corrected chi connectivity index (χ0v) is 22.6. The van der Waals surface area contributed by atoms with Crippen molar-refractivity contribution in [2.75, 3.05) is 80.5 Å². The lowest BCUT2D eigenvalue weighted by atomic mass is 10.1. The topological polar surface area (TPSA) is 131 Å². The molecule has 0 aromatic carbocycles. The van der Waals surface area contributed by atoms with E-state index in [1.807, 2.05) is 62.0 Å². The average molecular weight is 519 g/mol. The van der Waals surface area contributed by atoms with Crippen molar-refractivity contribution < 1.29 is 19.2 Å². The van der Waals surface area contributed by atoms with Gasteiger partial charge in [-0.15, -0.1) is 0 Å². The standard InChI is InChI=1S/C7H13NO.C7H11NO.C6H10N2O.C6H8N2O.CH4/c2*1-3-6-4-8(2)5-7(6)9;2*1-8-3-5(2-7)6(9)4-8;/h6H,3-5H2,1-2H3;3H,4-5H2,1-2H3;2H,3-4,7H2,1H3;5H,3-4H2,1H3;1H4/b;6-3+;5-2+;;. The highest BCUT2D eigenvalue weighted by Gasteiger charge is 2.28. The summed E-state index contributed by atoms with van der Waals surface area (Å²) in [6.07, 6.45) is 4.29. The van der Waals surface area contributed by atoms with Gasteiger partial charge >= 0.3 is 0 Å². The molecule has 0 radical (unpaired) electrons. The van der Waals surface area contributed by atoms with Crippen LogP contribution in [0.4, 0.5) is 0 Å². The van der Waals surface area contributed by atoms with E-state index in [2.05, 4.69) is 11.8 Å². The molecule has 0 aromatic rings. The summed E-state index contributed by atoms with van der Waals surface area (Å²) in [6.45, 7) is 9.31. The molecular formula is C27H46N6O4. The van der Waals surface area contributed by atoms with Crippen LogP contribution >= 0.6 is 0 Å². The van der Waals surface area contributed by atoms with Crippen LogP contribution in [0.1, 0.15) is 27.7 Å². The van der Waals surface area contributed by atoms with E-state index in [0.29, 0.717) is 51.0 Å². The molecular weight excluding hydrogens is 472 g/mol. The van der Waals surface area contributed by atoms with Gasteiger partial charge in [-0.3, -0.25) is 38.8 Å². The summed E-state index contributed by atoms with van der Waals surface area (Å²) in [5.41, 5.74) is 6.87. The van der Waals surface area contributed by atoms with Crippen LogP contribution in [0.3, 0.4) is 0 Å². The van der Waals surface area contributed by atoms with E-state index < -0.39 is 0 Å². The largest absolute Gasteiger partial charge is 0.404 e. The zero-order valence-electron chi connectivity index (χ0n) is 22.6. The van der Waals surface area contributed by atoms with Crippen LogP contribution in [-0.4, -0.2) is 123 Å². The molecule has 208 valence electrons. The highest BCUT2D eigenvalue weighted by molar-refractivity contribution is 5.99. The van der Waals surface area contributed by atoms with Crippen molar-refractivity contribution in [1.29, 1.82) is 5.26 Å². The van der Waals surface area contributed by atoms with Crippen LogP contribution in [-0.2, 0) is 19.2 Å². The van der Waals surface area contributed by atoms with Crippen LogP contribution < -0.4 is 5.73 Å². The summed E-state index contributed by atoms with van der Waals surface area (Å²) in [4.78, 5) is 51.3. The average Bonchev–Trinajstić information content (AvgIpc) is 3.54. The van der Waals surface area contributed by atoms with Crippen LogP contribution in [0.25, 0.3) is 0 Å². The summed E-state index contributed by atoms with van der Waals surface area (Å²) in [7, 11) is 7.69. The number of rotatable bonds is 1. The summed E-state index contributed by atoms with van der Waals surface area (Å²) in [6, 6.07) is 1.95. The number of allylic oxidation sites excluding steroid dienone is 1. The minimum Gasteiger partial charge on any atom is -0.404 e. The molecule has 0 bridgehead atoms. The lowest BCUT2D eigenvalue weighted by Gasteiger charge is -2.04. The maximum atomic E-state index is 11.0. The molecule has 4 saturated heterocycles. The smallest absolute Gasteiger partial charge is 0.175 e. The van der Waals surface area contributed by atoms with E-state index in [9.17, 15) is 19.2 Å². The number of likely N-dealkylation sites (N-methyl/N-ethyl adjacent to an activating group) is 4. The number of Topliss-reactive ketones (excluding diaryl/α,β-unsaturated/α-hetero) is 4. The Balaban J connectivity index is 0.000000463. The summed E-state index contributed by atoms with van der Waals surface area (Å²) >= 11 is 0. The minimum absolute atomic E-state index is 0. The molecule has 4 heterocycles. The van der Waals surface area contributed by atoms with Gasteiger partial charge in [0.1, 0.15) is 5.92 Å². The number of carbonyl (C=O) groups is 4. The molecule has 0 aromatic heterocycles. The predicted molar refractivity (Wildman–Crippen MR) is 146 cm³/mol. The fourth-order valence-corrected chi connectivity index (χ4v) is 4.22. The quantitative estimate of drug-likeness (QED) is 0.492. The minimum atomic E-state index is -0.366. The van der Waals surface area contributed by atoms with E-state index in [1.165, 1.54) is 6.20 Å². The van der Waals surface area contributed by atoms with E-state index in [0.717, 1.165) is 30.7 Å². The van der Waals surface area contributed by atoms with Gasteiger partial charge < -0.3 is 5.73 Å². The molecule has 0 saturated carbocycles. The van der Waals surface area contributed by atoms with Crippen molar-refractivity contribution in [3.8, 4) is 6.07 Å². The Labute approximate surface area is 222 Å². The van der Waals surface area contributed by atoms with Crippen molar-refractivity contribution in [2.24, 2.45) is 17.6 Å². The van der Waals surface area contributed by atoms with Crippen molar-refractivity contribution in [3.63, 3.8) is 0 Å². The van der Waals surface area contributed by atoms with Crippen molar-refractivity contribution in [1.82, 2.24) is 19.6 Å². The monoisotopic (exact) mass is 518 g/mol. The molecule has 10 nitrogen and oxygen atoms in total. The van der Waals surface area contributed by atoms with E-state index in [-0.39, 0.29) is 30.7 Å². The van der Waals surface area contributed by atoms with E-state index >= 15 is 0 Å². The van der Waals surface area contributed by atoms with Gasteiger partial charge in [0.15, 0.2) is 23.1 Å². The molecule has 4 aliphatic rings. The van der Waals surface area contributed by atoms with Crippen molar-refractivity contribution in [3.05, 3.63) is 23.4 Å². The maximum Gasteiger partial charge on any atom is 0.175 e. The molecule has 2 unspecified atom stereocenters. The Hall–Kier alpha value is -2.71. The first kappa shape index (κ1) is 34.3. The Bertz CT molecular complexity index is 869. The molecule has 4 aliphatic heterocycles. The number of nitrogens with zero attached hydrogens (tertiary/aromatic N) is 5. The molecule has 2 atom stereocenters. The molecule has 0 spiro atoms. The summed E-state index contributed by atoms with van der Waals surface area (Å²) < 4.78 is 0. The number of hydrogen-bond donors (Lipinski definition) is 1. The second-order valence-electron chi connectivity index (χ2n) is 9.81. The third-order valence-corrected chi connectivity index (χ3v) is 6.34. The fourth-order valence-electron chi connectivity index (χ4n) is 4.22. The van der Waals surface area contributed by atoms with Gasteiger partial charge in [0, 0.05) is 49.4 Å². The number of hydrogen-bond acceptors (Lipinski definition) is 10. The van der Waals surface area contributed by atoms with Crippen LogP contribution in [0, 0.1) is 23.2 Å². The van der Waals surface area contributed by atoms with Crippen molar-refractivity contribution >= 4 is 23.1 Å². The first-order valence-corrected chi connectivity index (χ1v) is 12.3. The molecule has 0 aliphatic carbocycles. The van der Waals surface area contributed by atoms with Gasteiger partial charge in [0.2, 0.25) is 0 Å². The van der Waals surface area contributed by atoms with E-state index in [4.69, 9.17) is 11.0 Å². The van der Waals surface area contributed by atoms with Crippen LogP contribution in [0.2, 0.25) is 0 Å². The Morgan fingerprint density at radius 3 is 1.49 bits per heavy atom. The molecule has 10 heteroatoms. The van der Waals surface area contributed by atoms with Gasteiger partial charge in [0.25, 0.3) is 0 Å². The summed E-state index contributed by atoms with van der Waals surface area (Å²) in [5, 5.41) is 8.36. The molecule has 4 fully saturated rings. The highest BCUT2D eigenvalue weighted by Crippen LogP contribution is 2.13. The Morgan fingerprint density at radius 2 is 1.30 bits per heavy atom. The van der Waals surface area contributed by atoms with E-state index in [1.54, 1.807) is 0 Å². The fraction of sp³-hybridized carbons (Fsp3) is 0.667. The zero-order chi connectivity index (χ0) is 27.4. The SMILES string of the molecule is C.C/C=C1\CN(C)CC1=O.CCC1CN(C)CC1=O.CN1CC(=O)/C(=C/N)C1.CN1CC(=O)C(C#N)C1. The molecule has 0 amide bonds. The Morgan fingerprint density at radius 1 is 0.811 bits per heavy atom. The van der Waals surface area contributed by atoms with Gasteiger partial charge in [-0.05, 0) is 41.5 Å². The first-order valence-electron chi connectivity index (χ1n) is 12.3. The van der Waals surface area contributed by atoms with Crippen molar-refractivity contribution in [2.45, 2.75) is 27.7 Å². The number of nitriles is 1. The first-order chi connectivity index (χ1) is 16.9. The normalized spacial score (nSPS) is 26.7. The summed E-state index contributed by atoms with van der Waals surface area (Å²) in [5.74, 6) is 0.866. The lowest BCUT2D eigenvalue weighted by Crippen LogP contribution is -2.13. The third kappa shape index (κ3) is 11.5. The number of carbonyl (C=O) groups excluding carboxylic acids is 4. The maximum absolute atomic E-state index is 11.0. The molecule has 4 rings (SSSR count). The van der Waals surface area contributed by atoms with Gasteiger partial charge in [0.05, 0.1) is 32.2 Å². The number of ketones is 4. The van der Waals surface area contributed by atoms with Gasteiger partial charge in [-0.1, -0.05) is 20.4 Å². The predicted octanol–water partition coefficient (Wildman–Crippen LogP) is 0.595. The highest BCUT2D eigenvalue weighted by atomic mass is 16.1. The van der Waals surface area contributed by atoms with Crippen LogP contribution in [0.5, 0.6) is 0 Å². The lowest BCUT2D eigenvalue weighted by molar-refractivity contribution is -0.120. The number of likely N-dealkylation sites (tertiary alicyclic amines) is 4. The third-order valence-electron chi connectivity index (χ3n) is 6.34.